The van der Waals surface area contributed by atoms with Crippen molar-refractivity contribution in [3.8, 4) is 0 Å². The molecule has 0 atom stereocenters. The number of anilines is 2. The van der Waals surface area contributed by atoms with Crippen LogP contribution < -0.4 is 10.6 Å². The van der Waals surface area contributed by atoms with E-state index in [1.54, 1.807) is 0 Å². The second-order valence-electron chi connectivity index (χ2n) is 5.49. The van der Waals surface area contributed by atoms with Gasteiger partial charge in [0, 0.05) is 30.5 Å². The van der Waals surface area contributed by atoms with E-state index in [1.807, 2.05) is 6.92 Å². The highest BCUT2D eigenvalue weighted by atomic mass is 15.2. The fraction of sp³-hybridized carbons (Fsp3) is 0.353. The SMILES string of the molecule is Cc1cc(C)cc(N(C)c2nc(C)cc(C)c2CN)c1. The van der Waals surface area contributed by atoms with Gasteiger partial charge in [0.15, 0.2) is 0 Å². The second kappa shape index (κ2) is 5.63. The molecule has 2 N–H and O–H groups in total. The summed E-state index contributed by atoms with van der Waals surface area (Å²) in [7, 11) is 2.05. The Labute approximate surface area is 121 Å². The maximum atomic E-state index is 5.91. The quantitative estimate of drug-likeness (QED) is 0.926. The lowest BCUT2D eigenvalue weighted by atomic mass is 10.1. The van der Waals surface area contributed by atoms with Crippen LogP contribution in [0.25, 0.3) is 0 Å². The maximum Gasteiger partial charge on any atom is 0.137 e. The van der Waals surface area contributed by atoms with Gasteiger partial charge in [0.05, 0.1) is 0 Å². The maximum absolute atomic E-state index is 5.91. The molecule has 106 valence electrons. The molecular weight excluding hydrogens is 246 g/mol. The molecule has 0 bridgehead atoms. The van der Waals surface area contributed by atoms with Gasteiger partial charge < -0.3 is 10.6 Å². The van der Waals surface area contributed by atoms with E-state index in [4.69, 9.17) is 5.73 Å². The first-order valence-corrected chi connectivity index (χ1v) is 6.91. The highest BCUT2D eigenvalue weighted by molar-refractivity contribution is 5.65. The van der Waals surface area contributed by atoms with E-state index in [0.717, 1.165) is 22.8 Å². The van der Waals surface area contributed by atoms with Crippen LogP contribution in [0.4, 0.5) is 11.5 Å². The molecule has 2 aromatic rings. The van der Waals surface area contributed by atoms with Crippen molar-refractivity contribution in [2.24, 2.45) is 5.73 Å². The molecule has 0 amide bonds. The number of benzene rings is 1. The van der Waals surface area contributed by atoms with Crippen molar-refractivity contribution in [1.82, 2.24) is 4.98 Å². The highest BCUT2D eigenvalue weighted by Crippen LogP contribution is 2.28. The molecule has 0 spiro atoms. The predicted molar refractivity (Wildman–Crippen MR) is 85.6 cm³/mol. The predicted octanol–water partition coefficient (Wildman–Crippen LogP) is 3.54. The summed E-state index contributed by atoms with van der Waals surface area (Å²) in [5.41, 5.74) is 12.9. The molecule has 3 heteroatoms. The van der Waals surface area contributed by atoms with Gasteiger partial charge in [0.2, 0.25) is 0 Å². The Morgan fingerprint density at radius 2 is 1.60 bits per heavy atom. The third-order valence-electron chi connectivity index (χ3n) is 3.57. The van der Waals surface area contributed by atoms with Crippen LogP contribution in [-0.4, -0.2) is 12.0 Å². The van der Waals surface area contributed by atoms with Crippen LogP contribution in [0.3, 0.4) is 0 Å². The minimum absolute atomic E-state index is 0.504. The Hall–Kier alpha value is -1.87. The topological polar surface area (TPSA) is 42.2 Å². The molecule has 1 aromatic carbocycles. The minimum Gasteiger partial charge on any atom is -0.329 e. The Balaban J connectivity index is 2.55. The van der Waals surface area contributed by atoms with Gasteiger partial charge in [-0.3, -0.25) is 0 Å². The van der Waals surface area contributed by atoms with Gasteiger partial charge >= 0.3 is 0 Å². The van der Waals surface area contributed by atoms with Crippen molar-refractivity contribution >= 4 is 11.5 Å². The van der Waals surface area contributed by atoms with Gasteiger partial charge in [-0.1, -0.05) is 6.07 Å². The molecule has 2 rings (SSSR count). The summed E-state index contributed by atoms with van der Waals surface area (Å²) < 4.78 is 0. The molecule has 0 unspecified atom stereocenters. The number of nitrogens with zero attached hydrogens (tertiary/aromatic N) is 2. The normalized spacial score (nSPS) is 10.7. The summed E-state index contributed by atoms with van der Waals surface area (Å²) in [6.45, 7) is 8.84. The van der Waals surface area contributed by atoms with Gasteiger partial charge in [0.1, 0.15) is 5.82 Å². The zero-order valence-corrected chi connectivity index (χ0v) is 13.0. The molecule has 0 radical (unpaired) electrons. The number of aromatic nitrogens is 1. The van der Waals surface area contributed by atoms with Gasteiger partial charge in [-0.2, -0.15) is 0 Å². The van der Waals surface area contributed by atoms with Gasteiger partial charge in [-0.05, 0) is 62.6 Å². The lowest BCUT2D eigenvalue weighted by molar-refractivity contribution is 0.976. The van der Waals surface area contributed by atoms with E-state index in [1.165, 1.54) is 16.7 Å². The molecule has 0 aliphatic heterocycles. The molecule has 20 heavy (non-hydrogen) atoms. The number of aryl methyl sites for hydroxylation is 4. The lowest BCUT2D eigenvalue weighted by Gasteiger charge is -2.23. The van der Waals surface area contributed by atoms with E-state index in [9.17, 15) is 0 Å². The third kappa shape index (κ3) is 2.83. The van der Waals surface area contributed by atoms with Crippen LogP contribution in [0.5, 0.6) is 0 Å². The zero-order chi connectivity index (χ0) is 14.9. The molecule has 0 saturated carbocycles. The summed E-state index contributed by atoms with van der Waals surface area (Å²) in [5, 5.41) is 0. The first-order chi connectivity index (χ1) is 9.42. The van der Waals surface area contributed by atoms with Crippen molar-refractivity contribution in [2.75, 3.05) is 11.9 Å². The summed E-state index contributed by atoms with van der Waals surface area (Å²) in [6.07, 6.45) is 0. The molecule has 0 fully saturated rings. The smallest absolute Gasteiger partial charge is 0.137 e. The molecule has 3 nitrogen and oxygen atoms in total. The number of hydrogen-bond donors (Lipinski definition) is 1. The summed E-state index contributed by atoms with van der Waals surface area (Å²) in [4.78, 5) is 6.81. The van der Waals surface area contributed by atoms with Crippen molar-refractivity contribution in [1.29, 1.82) is 0 Å². The van der Waals surface area contributed by atoms with Crippen molar-refractivity contribution in [3.63, 3.8) is 0 Å². The summed E-state index contributed by atoms with van der Waals surface area (Å²) in [5.74, 6) is 0.954. The Kier molecular flexibility index (Phi) is 4.09. The lowest BCUT2D eigenvalue weighted by Crippen LogP contribution is -2.17. The van der Waals surface area contributed by atoms with Crippen LogP contribution in [0.1, 0.15) is 27.9 Å². The van der Waals surface area contributed by atoms with Crippen molar-refractivity contribution in [3.05, 3.63) is 52.2 Å². The third-order valence-corrected chi connectivity index (χ3v) is 3.57. The Morgan fingerprint density at radius 1 is 1.00 bits per heavy atom. The highest BCUT2D eigenvalue weighted by Gasteiger charge is 2.13. The Morgan fingerprint density at radius 3 is 2.15 bits per heavy atom. The fourth-order valence-electron chi connectivity index (χ4n) is 2.64. The van der Waals surface area contributed by atoms with E-state index in [-0.39, 0.29) is 0 Å². The van der Waals surface area contributed by atoms with Crippen LogP contribution in [0.2, 0.25) is 0 Å². The van der Waals surface area contributed by atoms with Crippen LogP contribution >= 0.6 is 0 Å². The van der Waals surface area contributed by atoms with Crippen LogP contribution in [0.15, 0.2) is 24.3 Å². The molecular formula is C17H23N3. The molecule has 0 aliphatic rings. The molecule has 0 saturated heterocycles. The molecule has 1 aromatic heterocycles. The van der Waals surface area contributed by atoms with Gasteiger partial charge in [-0.25, -0.2) is 4.98 Å². The number of rotatable bonds is 3. The summed E-state index contributed by atoms with van der Waals surface area (Å²) in [6, 6.07) is 8.61. The van der Waals surface area contributed by atoms with E-state index in [2.05, 4.69) is 62.0 Å². The molecule has 1 heterocycles. The van der Waals surface area contributed by atoms with Crippen LogP contribution in [0, 0.1) is 27.7 Å². The Bertz CT molecular complexity index is 612. The van der Waals surface area contributed by atoms with Crippen LogP contribution in [-0.2, 0) is 6.54 Å². The second-order valence-corrected chi connectivity index (χ2v) is 5.49. The minimum atomic E-state index is 0.504. The van der Waals surface area contributed by atoms with E-state index < -0.39 is 0 Å². The number of nitrogens with two attached hydrogens (primary N) is 1. The molecule has 0 aliphatic carbocycles. The van der Waals surface area contributed by atoms with E-state index in [0.29, 0.717) is 6.54 Å². The largest absolute Gasteiger partial charge is 0.329 e. The standard InChI is InChI=1S/C17H23N3/c1-11-6-12(2)8-15(7-11)20(5)17-16(10-18)13(3)9-14(4)19-17/h6-9H,10,18H2,1-5H3. The van der Waals surface area contributed by atoms with Crippen molar-refractivity contribution < 1.29 is 0 Å². The first-order valence-electron chi connectivity index (χ1n) is 6.91. The van der Waals surface area contributed by atoms with Gasteiger partial charge in [-0.15, -0.1) is 0 Å². The summed E-state index contributed by atoms with van der Waals surface area (Å²) >= 11 is 0. The van der Waals surface area contributed by atoms with E-state index >= 15 is 0 Å². The number of pyridine rings is 1. The number of hydrogen-bond acceptors (Lipinski definition) is 3. The first kappa shape index (κ1) is 14.5. The average Bonchev–Trinajstić information content (AvgIpc) is 2.35. The fourth-order valence-corrected chi connectivity index (χ4v) is 2.64. The van der Waals surface area contributed by atoms with Gasteiger partial charge in [0.25, 0.3) is 0 Å². The monoisotopic (exact) mass is 269 g/mol. The van der Waals surface area contributed by atoms with Crippen molar-refractivity contribution in [2.45, 2.75) is 34.2 Å². The average molecular weight is 269 g/mol. The zero-order valence-electron chi connectivity index (χ0n) is 13.0.